The Hall–Kier alpha value is -0.710. The molecule has 1 N–H and O–H groups in total. The van der Waals surface area contributed by atoms with Gasteiger partial charge in [0.05, 0.1) is 5.69 Å². The third-order valence-electron chi connectivity index (χ3n) is 2.55. The second-order valence-electron chi connectivity index (χ2n) is 4.29. The molecule has 0 radical (unpaired) electrons. The molecule has 0 saturated heterocycles. The van der Waals surface area contributed by atoms with Gasteiger partial charge in [0.1, 0.15) is 5.01 Å². The zero-order valence-corrected chi connectivity index (χ0v) is 12.1. The van der Waals surface area contributed by atoms with E-state index in [4.69, 9.17) is 4.98 Å². The van der Waals surface area contributed by atoms with E-state index >= 15 is 0 Å². The monoisotopic (exact) mass is 266 g/mol. The minimum Gasteiger partial charge on any atom is -0.310 e. The van der Waals surface area contributed by atoms with Gasteiger partial charge >= 0.3 is 0 Å². The maximum Gasteiger partial charge on any atom is 0.124 e. The van der Waals surface area contributed by atoms with Crippen LogP contribution in [0.2, 0.25) is 0 Å². The molecule has 0 aliphatic rings. The van der Waals surface area contributed by atoms with E-state index in [0.717, 1.165) is 18.0 Å². The summed E-state index contributed by atoms with van der Waals surface area (Å²) in [5.74, 6) is 0. The lowest BCUT2D eigenvalue weighted by atomic mass is 10.3. The largest absolute Gasteiger partial charge is 0.310 e. The highest BCUT2D eigenvalue weighted by atomic mass is 32.1. The first kappa shape index (κ1) is 12.7. The smallest absolute Gasteiger partial charge is 0.124 e. The summed E-state index contributed by atoms with van der Waals surface area (Å²) in [7, 11) is 0. The van der Waals surface area contributed by atoms with E-state index in [1.54, 1.807) is 11.3 Å². The number of aryl methyl sites for hydroxylation is 1. The van der Waals surface area contributed by atoms with Crippen molar-refractivity contribution >= 4 is 22.7 Å². The van der Waals surface area contributed by atoms with Crippen LogP contribution in [0.1, 0.15) is 31.3 Å². The highest BCUT2D eigenvalue weighted by Gasteiger charge is 2.11. The Morgan fingerprint density at radius 2 is 2.24 bits per heavy atom. The molecule has 92 valence electrons. The van der Waals surface area contributed by atoms with Crippen molar-refractivity contribution < 1.29 is 0 Å². The first-order valence-corrected chi connectivity index (χ1v) is 7.71. The summed E-state index contributed by atoms with van der Waals surface area (Å²) in [6.07, 6.45) is 1.01. The average Bonchev–Trinajstić information content (AvgIpc) is 2.94. The first-order chi connectivity index (χ1) is 8.20. The van der Waals surface area contributed by atoms with Crippen molar-refractivity contribution in [3.8, 4) is 10.6 Å². The van der Waals surface area contributed by atoms with Gasteiger partial charge < -0.3 is 5.32 Å². The number of hydrogen-bond donors (Lipinski definition) is 1. The van der Waals surface area contributed by atoms with Crippen LogP contribution in [0, 0.1) is 0 Å². The van der Waals surface area contributed by atoms with Crippen LogP contribution < -0.4 is 5.32 Å². The molecular weight excluding hydrogens is 248 g/mol. The molecule has 2 aromatic heterocycles. The van der Waals surface area contributed by atoms with Gasteiger partial charge in [0.2, 0.25) is 0 Å². The van der Waals surface area contributed by atoms with Crippen molar-refractivity contribution in [2.75, 3.05) is 0 Å². The van der Waals surface area contributed by atoms with Crippen LogP contribution in [-0.4, -0.2) is 11.0 Å². The lowest BCUT2D eigenvalue weighted by Crippen LogP contribution is -2.21. The maximum absolute atomic E-state index is 4.73. The van der Waals surface area contributed by atoms with Crippen molar-refractivity contribution in [3.05, 3.63) is 27.4 Å². The van der Waals surface area contributed by atoms with Crippen molar-refractivity contribution in [3.63, 3.8) is 0 Å². The molecule has 0 spiro atoms. The van der Waals surface area contributed by atoms with Crippen LogP contribution in [0.3, 0.4) is 0 Å². The van der Waals surface area contributed by atoms with E-state index in [-0.39, 0.29) is 0 Å². The highest BCUT2D eigenvalue weighted by molar-refractivity contribution is 7.15. The minimum absolute atomic E-state index is 0.520. The van der Waals surface area contributed by atoms with Crippen LogP contribution in [0.4, 0.5) is 0 Å². The van der Waals surface area contributed by atoms with E-state index in [2.05, 4.69) is 42.9 Å². The fourth-order valence-electron chi connectivity index (χ4n) is 1.60. The fraction of sp³-hybridized carbons (Fsp3) is 0.462. The summed E-state index contributed by atoms with van der Waals surface area (Å²) >= 11 is 3.54. The summed E-state index contributed by atoms with van der Waals surface area (Å²) in [5, 5.41) is 8.89. The molecule has 2 nitrogen and oxygen atoms in total. The molecule has 2 rings (SSSR count). The molecule has 2 aromatic rings. The van der Waals surface area contributed by atoms with E-state index in [1.807, 2.05) is 11.3 Å². The van der Waals surface area contributed by atoms with Gasteiger partial charge in [0, 0.05) is 28.4 Å². The van der Waals surface area contributed by atoms with Gasteiger partial charge in [-0.25, -0.2) is 4.98 Å². The molecule has 0 aromatic carbocycles. The molecule has 0 bridgehead atoms. The predicted molar refractivity (Wildman–Crippen MR) is 76.8 cm³/mol. The minimum atomic E-state index is 0.520. The van der Waals surface area contributed by atoms with Gasteiger partial charge in [-0.2, -0.15) is 11.3 Å². The van der Waals surface area contributed by atoms with Gasteiger partial charge in [-0.3, -0.25) is 0 Å². The number of thiazole rings is 1. The Labute approximate surface area is 111 Å². The summed E-state index contributed by atoms with van der Waals surface area (Å²) in [5.41, 5.74) is 2.50. The Bertz CT molecular complexity index is 458. The van der Waals surface area contributed by atoms with Crippen LogP contribution in [0.15, 0.2) is 16.8 Å². The van der Waals surface area contributed by atoms with Gasteiger partial charge in [0.25, 0.3) is 0 Å². The quantitative estimate of drug-likeness (QED) is 0.887. The zero-order valence-electron chi connectivity index (χ0n) is 10.5. The SMILES string of the molecule is CCc1nc(-c2ccsc2)sc1CNC(C)C. The number of thiophene rings is 1. The Morgan fingerprint density at radius 1 is 1.41 bits per heavy atom. The van der Waals surface area contributed by atoms with Crippen molar-refractivity contribution in [2.45, 2.75) is 39.8 Å². The highest BCUT2D eigenvalue weighted by Crippen LogP contribution is 2.29. The number of rotatable bonds is 5. The van der Waals surface area contributed by atoms with Crippen molar-refractivity contribution in [2.24, 2.45) is 0 Å². The molecule has 0 fully saturated rings. The van der Waals surface area contributed by atoms with Crippen molar-refractivity contribution in [1.82, 2.24) is 10.3 Å². The van der Waals surface area contributed by atoms with Crippen molar-refractivity contribution in [1.29, 1.82) is 0 Å². The van der Waals surface area contributed by atoms with Gasteiger partial charge in [-0.15, -0.1) is 11.3 Å². The van der Waals surface area contributed by atoms with Gasteiger partial charge in [0.15, 0.2) is 0 Å². The summed E-state index contributed by atoms with van der Waals surface area (Å²) < 4.78 is 0. The van der Waals surface area contributed by atoms with E-state index < -0.39 is 0 Å². The number of aromatic nitrogens is 1. The summed E-state index contributed by atoms with van der Waals surface area (Å²) in [6.45, 7) is 7.45. The molecule has 0 amide bonds. The van der Waals surface area contributed by atoms with E-state index in [0.29, 0.717) is 6.04 Å². The molecule has 0 aliphatic carbocycles. The lowest BCUT2D eigenvalue weighted by molar-refractivity contribution is 0.590. The standard InChI is InChI=1S/C13H18N2S2/c1-4-11-12(7-14-9(2)3)17-13(15-11)10-5-6-16-8-10/h5-6,8-9,14H,4,7H2,1-3H3. The zero-order chi connectivity index (χ0) is 12.3. The number of nitrogens with zero attached hydrogens (tertiary/aromatic N) is 1. The number of hydrogen-bond acceptors (Lipinski definition) is 4. The molecule has 0 atom stereocenters. The molecule has 0 unspecified atom stereocenters. The molecule has 0 aliphatic heterocycles. The van der Waals surface area contributed by atoms with Crippen LogP contribution in [0.25, 0.3) is 10.6 Å². The Kier molecular flexibility index (Phi) is 4.31. The molecule has 2 heterocycles. The van der Waals surface area contributed by atoms with Gasteiger partial charge in [-0.1, -0.05) is 20.8 Å². The normalized spacial score (nSPS) is 11.3. The lowest BCUT2D eigenvalue weighted by Gasteiger charge is -2.06. The number of nitrogens with one attached hydrogen (secondary N) is 1. The molecular formula is C13H18N2S2. The third-order valence-corrected chi connectivity index (χ3v) is 4.38. The second-order valence-corrected chi connectivity index (χ2v) is 6.15. The van der Waals surface area contributed by atoms with E-state index in [1.165, 1.54) is 16.1 Å². The van der Waals surface area contributed by atoms with E-state index in [9.17, 15) is 0 Å². The van der Waals surface area contributed by atoms with Gasteiger partial charge in [-0.05, 0) is 17.9 Å². The molecule has 0 saturated carbocycles. The van der Waals surface area contributed by atoms with Crippen LogP contribution in [0.5, 0.6) is 0 Å². The molecule has 17 heavy (non-hydrogen) atoms. The average molecular weight is 266 g/mol. The first-order valence-electron chi connectivity index (χ1n) is 5.95. The Morgan fingerprint density at radius 3 is 2.82 bits per heavy atom. The van der Waals surface area contributed by atoms with Crippen LogP contribution in [-0.2, 0) is 13.0 Å². The fourth-order valence-corrected chi connectivity index (χ4v) is 3.42. The summed E-state index contributed by atoms with van der Waals surface area (Å²) in [4.78, 5) is 6.11. The third kappa shape index (κ3) is 3.15. The Balaban J connectivity index is 2.20. The maximum atomic E-state index is 4.73. The van der Waals surface area contributed by atoms with Crippen LogP contribution >= 0.6 is 22.7 Å². The summed E-state index contributed by atoms with van der Waals surface area (Å²) in [6, 6.07) is 2.66. The topological polar surface area (TPSA) is 24.9 Å². The second kappa shape index (κ2) is 5.76. The molecule has 4 heteroatoms. The predicted octanol–water partition coefficient (Wildman–Crippen LogP) is 3.93.